The van der Waals surface area contributed by atoms with Crippen LogP contribution >= 0.6 is 23.2 Å². The second-order valence-electron chi connectivity index (χ2n) is 8.04. The molecule has 0 fully saturated rings. The fourth-order valence-electron chi connectivity index (χ4n) is 4.23. The van der Waals surface area contributed by atoms with Crippen LogP contribution in [0, 0.1) is 0 Å². The molecule has 0 bridgehead atoms. The highest BCUT2D eigenvalue weighted by atomic mass is 35.5. The third-order valence-corrected chi connectivity index (χ3v) is 6.63. The maximum Gasteiger partial charge on any atom is 0.407 e. The monoisotopic (exact) mass is 485 g/mol. The van der Waals surface area contributed by atoms with Crippen LogP contribution in [0.1, 0.15) is 40.7 Å². The van der Waals surface area contributed by atoms with Crippen LogP contribution in [0.5, 0.6) is 0 Å². The van der Waals surface area contributed by atoms with Crippen LogP contribution in [0.2, 0.25) is 5.02 Å². The molecule has 3 N–H and O–H groups in total. The van der Waals surface area contributed by atoms with E-state index in [2.05, 4.69) is 29.6 Å². The number of alkyl halides is 1. The maximum atomic E-state index is 12.3. The lowest BCUT2D eigenvalue weighted by molar-refractivity contribution is 0.0136. The lowest BCUT2D eigenvalue weighted by Crippen LogP contribution is -2.30. The molecule has 0 saturated carbocycles. The Morgan fingerprint density at radius 3 is 2.27 bits per heavy atom. The quantitative estimate of drug-likeness (QED) is 0.373. The minimum atomic E-state index is -1.12. The van der Waals surface area contributed by atoms with Crippen molar-refractivity contribution in [1.82, 2.24) is 5.32 Å². The van der Waals surface area contributed by atoms with Crippen LogP contribution in [0.25, 0.3) is 11.1 Å². The molecule has 3 aromatic rings. The van der Waals surface area contributed by atoms with Crippen molar-refractivity contribution in [2.24, 2.45) is 0 Å². The second-order valence-corrected chi connectivity index (χ2v) is 8.71. The lowest BCUT2D eigenvalue weighted by Gasteiger charge is -2.19. The number of halogens is 2. The fraction of sp³-hybridized carbons (Fsp3) is 0.269. The minimum absolute atomic E-state index is 0.0170. The molecule has 0 heterocycles. The van der Waals surface area contributed by atoms with Crippen molar-refractivity contribution in [1.29, 1.82) is 0 Å². The number of aliphatic hydroxyl groups excluding tert-OH is 2. The average molecular weight is 486 g/mol. The highest BCUT2D eigenvalue weighted by Crippen LogP contribution is 2.44. The van der Waals surface area contributed by atoms with Crippen molar-refractivity contribution in [2.45, 2.75) is 30.4 Å². The second kappa shape index (κ2) is 10.6. The van der Waals surface area contributed by atoms with Gasteiger partial charge in [0.15, 0.2) is 0 Å². The number of ether oxygens (including phenoxy) is 1. The van der Waals surface area contributed by atoms with E-state index in [1.54, 1.807) is 18.2 Å². The Labute approximate surface area is 202 Å². The Morgan fingerprint density at radius 1 is 1.00 bits per heavy atom. The zero-order chi connectivity index (χ0) is 23.4. The molecule has 1 amide bonds. The number of hydrogen-bond donors (Lipinski definition) is 3. The fourth-order valence-corrected chi connectivity index (χ4v) is 4.71. The first kappa shape index (κ1) is 23.6. The number of amides is 1. The van der Waals surface area contributed by atoms with E-state index < -0.39 is 18.3 Å². The number of fused-ring (bicyclic) bond motifs is 3. The summed E-state index contributed by atoms with van der Waals surface area (Å²) in [6, 6.07) is 21.2. The smallest absolute Gasteiger partial charge is 0.407 e. The van der Waals surface area contributed by atoms with E-state index >= 15 is 0 Å². The number of hydrogen-bond acceptors (Lipinski definition) is 4. The lowest BCUT2D eigenvalue weighted by atomic mass is 9.98. The van der Waals surface area contributed by atoms with E-state index in [0.29, 0.717) is 16.1 Å². The zero-order valence-corrected chi connectivity index (χ0v) is 19.4. The van der Waals surface area contributed by atoms with E-state index in [-0.39, 0.29) is 31.4 Å². The van der Waals surface area contributed by atoms with Crippen LogP contribution in [0.4, 0.5) is 4.79 Å². The third kappa shape index (κ3) is 5.17. The SMILES string of the molecule is O=C(NCCC(O)C(O)c1ccc(Cl)c(CCl)c1)OCC1c2ccccc2-c2ccccc21. The third-order valence-electron chi connectivity index (χ3n) is 5.97. The van der Waals surface area contributed by atoms with Gasteiger partial charge in [-0.05, 0) is 45.9 Å². The predicted octanol–water partition coefficient (Wildman–Crippen LogP) is 5.40. The van der Waals surface area contributed by atoms with Crippen molar-refractivity contribution in [3.63, 3.8) is 0 Å². The largest absolute Gasteiger partial charge is 0.449 e. The van der Waals surface area contributed by atoms with E-state index in [4.69, 9.17) is 27.9 Å². The molecule has 7 heteroatoms. The number of carbonyl (C=O) groups excluding carboxylic acids is 1. The first-order valence-corrected chi connectivity index (χ1v) is 11.7. The Balaban J connectivity index is 1.28. The van der Waals surface area contributed by atoms with E-state index in [1.165, 1.54) is 11.1 Å². The zero-order valence-electron chi connectivity index (χ0n) is 17.9. The molecule has 2 unspecified atom stereocenters. The highest BCUT2D eigenvalue weighted by molar-refractivity contribution is 6.32. The van der Waals surface area contributed by atoms with Gasteiger partial charge in [0.1, 0.15) is 12.7 Å². The number of carbonyl (C=O) groups is 1. The number of alkyl carbamates (subject to hydrolysis) is 1. The number of aliphatic hydroxyl groups is 2. The first-order chi connectivity index (χ1) is 16.0. The van der Waals surface area contributed by atoms with E-state index in [0.717, 1.165) is 11.1 Å². The summed E-state index contributed by atoms with van der Waals surface area (Å²) in [4.78, 5) is 12.3. The van der Waals surface area contributed by atoms with Crippen LogP contribution in [-0.2, 0) is 10.6 Å². The van der Waals surface area contributed by atoms with Gasteiger partial charge in [-0.2, -0.15) is 0 Å². The molecule has 172 valence electrons. The van der Waals surface area contributed by atoms with Crippen molar-refractivity contribution >= 4 is 29.3 Å². The molecule has 0 spiro atoms. The summed E-state index contributed by atoms with van der Waals surface area (Å²) in [5.74, 6) is 0.190. The molecule has 0 saturated heterocycles. The summed E-state index contributed by atoms with van der Waals surface area (Å²) in [6.07, 6.45) is -2.59. The molecule has 5 nitrogen and oxygen atoms in total. The molecule has 0 aliphatic heterocycles. The summed E-state index contributed by atoms with van der Waals surface area (Å²) < 4.78 is 5.49. The van der Waals surface area contributed by atoms with E-state index in [1.807, 2.05) is 24.3 Å². The number of nitrogens with one attached hydrogen (secondary N) is 1. The molecular weight excluding hydrogens is 461 g/mol. The van der Waals surface area contributed by atoms with Crippen LogP contribution in [-0.4, -0.2) is 35.6 Å². The van der Waals surface area contributed by atoms with E-state index in [9.17, 15) is 15.0 Å². The summed E-state index contributed by atoms with van der Waals surface area (Å²) in [7, 11) is 0. The van der Waals surface area contributed by atoms with Gasteiger partial charge in [0.25, 0.3) is 0 Å². The van der Waals surface area contributed by atoms with Crippen molar-refractivity contribution in [3.8, 4) is 11.1 Å². The molecule has 1 aliphatic rings. The molecule has 4 rings (SSSR count). The Kier molecular flexibility index (Phi) is 7.56. The van der Waals surface area contributed by atoms with Crippen LogP contribution < -0.4 is 5.32 Å². The summed E-state index contributed by atoms with van der Waals surface area (Å²) in [6.45, 7) is 0.377. The molecule has 1 aliphatic carbocycles. The Morgan fingerprint density at radius 2 is 1.64 bits per heavy atom. The summed E-state index contributed by atoms with van der Waals surface area (Å²) in [5, 5.41) is 23.9. The van der Waals surface area contributed by atoms with Gasteiger partial charge in [-0.1, -0.05) is 72.3 Å². The molecule has 2 atom stereocenters. The normalized spacial score (nSPS) is 14.3. The van der Waals surface area contributed by atoms with Gasteiger partial charge in [0.2, 0.25) is 0 Å². The number of rotatable bonds is 8. The predicted molar refractivity (Wildman–Crippen MR) is 130 cm³/mol. The number of benzene rings is 3. The maximum absolute atomic E-state index is 12.3. The standard InChI is InChI=1S/C26H25Cl2NO4/c27-14-17-13-16(9-10-23(17)28)25(31)24(30)11-12-29-26(32)33-15-22-20-7-3-1-5-18(20)19-6-2-4-8-21(19)22/h1-10,13,22,24-25,30-31H,11-12,14-15H2,(H,29,32). The van der Waals surface area contributed by atoms with Gasteiger partial charge in [0.05, 0.1) is 6.10 Å². The van der Waals surface area contributed by atoms with Crippen LogP contribution in [0.15, 0.2) is 66.7 Å². The van der Waals surface area contributed by atoms with Gasteiger partial charge in [0, 0.05) is 23.4 Å². The molecule has 3 aromatic carbocycles. The van der Waals surface area contributed by atoms with Crippen molar-refractivity contribution < 1.29 is 19.7 Å². The topological polar surface area (TPSA) is 78.8 Å². The van der Waals surface area contributed by atoms with Crippen molar-refractivity contribution in [2.75, 3.05) is 13.2 Å². The van der Waals surface area contributed by atoms with Crippen molar-refractivity contribution in [3.05, 3.63) is 94.0 Å². The van der Waals surface area contributed by atoms with Crippen LogP contribution in [0.3, 0.4) is 0 Å². The minimum Gasteiger partial charge on any atom is -0.449 e. The van der Waals surface area contributed by atoms with Gasteiger partial charge < -0.3 is 20.3 Å². The molecule has 33 heavy (non-hydrogen) atoms. The average Bonchev–Trinajstić information content (AvgIpc) is 3.16. The van der Waals surface area contributed by atoms with Gasteiger partial charge in [-0.3, -0.25) is 0 Å². The highest BCUT2D eigenvalue weighted by Gasteiger charge is 2.29. The van der Waals surface area contributed by atoms with Gasteiger partial charge >= 0.3 is 6.09 Å². The first-order valence-electron chi connectivity index (χ1n) is 10.8. The summed E-state index contributed by atoms with van der Waals surface area (Å²) in [5.41, 5.74) is 5.81. The van der Waals surface area contributed by atoms with Gasteiger partial charge in [-0.25, -0.2) is 4.79 Å². The Hall–Kier alpha value is -2.57. The molecule has 0 aromatic heterocycles. The summed E-state index contributed by atoms with van der Waals surface area (Å²) >= 11 is 11.9. The Bertz CT molecular complexity index is 1090. The van der Waals surface area contributed by atoms with Gasteiger partial charge in [-0.15, -0.1) is 11.6 Å². The molecular formula is C26H25Cl2NO4. The molecule has 0 radical (unpaired) electrons.